The molecule has 0 aliphatic carbocycles. The summed E-state index contributed by atoms with van der Waals surface area (Å²) in [5.74, 6) is 0.474. The lowest BCUT2D eigenvalue weighted by molar-refractivity contribution is -0.149. The normalized spacial score (nSPS) is 19.9. The summed E-state index contributed by atoms with van der Waals surface area (Å²) in [7, 11) is 1.42. The van der Waals surface area contributed by atoms with Gasteiger partial charge >= 0.3 is 5.97 Å². The van der Waals surface area contributed by atoms with Crippen molar-refractivity contribution in [2.75, 3.05) is 26.7 Å². The smallest absolute Gasteiger partial charge is 0.323 e. The predicted octanol–water partition coefficient (Wildman–Crippen LogP) is 3.07. The number of hydrogen-bond donors (Lipinski definition) is 0. The first-order valence-electron chi connectivity index (χ1n) is 10.8. The van der Waals surface area contributed by atoms with Crippen molar-refractivity contribution < 1.29 is 14.3 Å². The van der Waals surface area contributed by atoms with Crippen molar-refractivity contribution in [3.8, 4) is 0 Å². The molecule has 0 radical (unpaired) electrons. The van der Waals surface area contributed by atoms with E-state index in [4.69, 9.17) is 4.74 Å². The number of ether oxygens (including phenoxy) is 1. The van der Waals surface area contributed by atoms with E-state index in [0.717, 1.165) is 32.4 Å². The molecule has 0 N–H and O–H groups in total. The molecule has 5 heteroatoms. The molecular formula is C25H30N2O3. The number of carbonyl (C=O) groups excluding carboxylic acids is 2. The van der Waals surface area contributed by atoms with Gasteiger partial charge in [0.25, 0.3) is 0 Å². The summed E-state index contributed by atoms with van der Waals surface area (Å²) in [6.07, 6.45) is 3.74. The van der Waals surface area contributed by atoms with E-state index in [9.17, 15) is 9.59 Å². The summed E-state index contributed by atoms with van der Waals surface area (Å²) in [6.45, 7) is 2.46. The summed E-state index contributed by atoms with van der Waals surface area (Å²) in [5.41, 5.74) is 3.72. The molecule has 0 bridgehead atoms. The van der Waals surface area contributed by atoms with Crippen LogP contribution in [0.3, 0.4) is 0 Å². The van der Waals surface area contributed by atoms with Gasteiger partial charge in [-0.3, -0.25) is 14.5 Å². The number of esters is 1. The maximum Gasteiger partial charge on any atom is 0.323 e. The second kappa shape index (κ2) is 9.43. The van der Waals surface area contributed by atoms with Gasteiger partial charge in [-0.2, -0.15) is 0 Å². The first kappa shape index (κ1) is 20.6. The zero-order valence-corrected chi connectivity index (χ0v) is 17.6. The Hall–Kier alpha value is -2.66. The van der Waals surface area contributed by atoms with Crippen LogP contribution in [-0.4, -0.2) is 54.5 Å². The maximum atomic E-state index is 13.0. The van der Waals surface area contributed by atoms with Crippen LogP contribution in [0.1, 0.15) is 29.5 Å². The molecule has 2 aliphatic heterocycles. The van der Waals surface area contributed by atoms with Gasteiger partial charge in [0.15, 0.2) is 0 Å². The van der Waals surface area contributed by atoms with Crippen LogP contribution >= 0.6 is 0 Å². The molecule has 2 aromatic rings. The van der Waals surface area contributed by atoms with Crippen LogP contribution in [0.25, 0.3) is 0 Å². The lowest BCUT2D eigenvalue weighted by atomic mass is 9.90. The van der Waals surface area contributed by atoms with Crippen molar-refractivity contribution in [2.24, 2.45) is 5.92 Å². The number of rotatable bonds is 5. The topological polar surface area (TPSA) is 49.9 Å². The highest BCUT2D eigenvalue weighted by molar-refractivity contribution is 5.81. The van der Waals surface area contributed by atoms with E-state index in [1.54, 1.807) is 0 Å². The standard InChI is InChI=1S/C25H30N2O3/c1-30-25(29)23-16-21-9-5-6-10-22(21)17-27(23)18-24(28)26-13-11-20(12-14-26)15-19-7-3-2-4-8-19/h2-10,20,23H,11-18H2,1H3. The number of benzene rings is 2. The molecule has 1 amide bonds. The second-order valence-corrected chi connectivity index (χ2v) is 8.43. The van der Waals surface area contributed by atoms with E-state index < -0.39 is 6.04 Å². The van der Waals surface area contributed by atoms with E-state index in [0.29, 0.717) is 18.9 Å². The number of hydrogen-bond acceptors (Lipinski definition) is 4. The molecule has 1 unspecified atom stereocenters. The highest BCUT2D eigenvalue weighted by Gasteiger charge is 2.34. The highest BCUT2D eigenvalue weighted by Crippen LogP contribution is 2.25. The fourth-order valence-electron chi connectivity index (χ4n) is 4.72. The molecular weight excluding hydrogens is 376 g/mol. The Morgan fingerprint density at radius 3 is 2.33 bits per heavy atom. The molecule has 1 saturated heterocycles. The summed E-state index contributed by atoms with van der Waals surface area (Å²) >= 11 is 0. The Labute approximate surface area is 178 Å². The van der Waals surface area contributed by atoms with Crippen molar-refractivity contribution in [2.45, 2.75) is 38.3 Å². The van der Waals surface area contributed by atoms with Crippen molar-refractivity contribution in [3.63, 3.8) is 0 Å². The number of nitrogens with zero attached hydrogens (tertiary/aromatic N) is 2. The Kier molecular flexibility index (Phi) is 6.48. The van der Waals surface area contributed by atoms with E-state index in [-0.39, 0.29) is 18.4 Å². The number of amides is 1. The summed E-state index contributed by atoms with van der Waals surface area (Å²) in [5, 5.41) is 0. The number of likely N-dealkylation sites (tertiary alicyclic amines) is 1. The van der Waals surface area contributed by atoms with E-state index in [1.165, 1.54) is 23.8 Å². The summed E-state index contributed by atoms with van der Waals surface area (Å²) in [4.78, 5) is 29.4. The summed E-state index contributed by atoms with van der Waals surface area (Å²) in [6, 6.07) is 18.3. The number of piperidine rings is 1. The molecule has 2 aliphatic rings. The molecule has 0 spiro atoms. The van der Waals surface area contributed by atoms with Crippen LogP contribution in [0.2, 0.25) is 0 Å². The first-order chi connectivity index (χ1) is 14.6. The van der Waals surface area contributed by atoms with Crippen LogP contribution < -0.4 is 0 Å². The molecule has 0 saturated carbocycles. The molecule has 2 heterocycles. The monoisotopic (exact) mass is 406 g/mol. The summed E-state index contributed by atoms with van der Waals surface area (Å²) < 4.78 is 5.03. The Morgan fingerprint density at radius 1 is 0.967 bits per heavy atom. The zero-order chi connectivity index (χ0) is 20.9. The molecule has 0 aromatic heterocycles. The van der Waals surface area contributed by atoms with Crippen LogP contribution in [-0.2, 0) is 33.7 Å². The third kappa shape index (κ3) is 4.73. The van der Waals surface area contributed by atoms with Gasteiger partial charge in [0, 0.05) is 19.6 Å². The second-order valence-electron chi connectivity index (χ2n) is 8.43. The fraction of sp³-hybridized carbons (Fsp3) is 0.440. The van der Waals surface area contributed by atoms with Crippen LogP contribution in [0.5, 0.6) is 0 Å². The molecule has 4 rings (SSSR count). The Morgan fingerprint density at radius 2 is 1.63 bits per heavy atom. The van der Waals surface area contributed by atoms with E-state index in [2.05, 4.69) is 36.4 Å². The highest BCUT2D eigenvalue weighted by atomic mass is 16.5. The van der Waals surface area contributed by atoms with E-state index >= 15 is 0 Å². The van der Waals surface area contributed by atoms with Gasteiger partial charge in [-0.1, -0.05) is 54.6 Å². The van der Waals surface area contributed by atoms with Gasteiger partial charge < -0.3 is 9.64 Å². The van der Waals surface area contributed by atoms with Crippen molar-refractivity contribution in [1.29, 1.82) is 0 Å². The fourth-order valence-corrected chi connectivity index (χ4v) is 4.72. The Balaban J connectivity index is 1.35. The minimum absolute atomic E-state index is 0.112. The van der Waals surface area contributed by atoms with Gasteiger partial charge in [0.2, 0.25) is 5.91 Å². The Bertz CT molecular complexity index is 875. The average Bonchev–Trinajstić information content (AvgIpc) is 2.79. The van der Waals surface area contributed by atoms with Crippen LogP contribution in [0, 0.1) is 5.92 Å². The molecule has 158 valence electrons. The third-order valence-corrected chi connectivity index (χ3v) is 6.49. The van der Waals surface area contributed by atoms with Crippen LogP contribution in [0.4, 0.5) is 0 Å². The predicted molar refractivity (Wildman–Crippen MR) is 116 cm³/mol. The quantitative estimate of drug-likeness (QED) is 0.716. The zero-order valence-electron chi connectivity index (χ0n) is 17.6. The minimum Gasteiger partial charge on any atom is -0.468 e. The maximum absolute atomic E-state index is 13.0. The number of fused-ring (bicyclic) bond motifs is 1. The molecule has 1 atom stereocenters. The van der Waals surface area contributed by atoms with Gasteiger partial charge in [-0.05, 0) is 48.3 Å². The van der Waals surface area contributed by atoms with Gasteiger partial charge in [-0.15, -0.1) is 0 Å². The van der Waals surface area contributed by atoms with Crippen molar-refractivity contribution in [1.82, 2.24) is 9.80 Å². The number of carbonyl (C=O) groups is 2. The molecule has 1 fully saturated rings. The van der Waals surface area contributed by atoms with Gasteiger partial charge in [0.1, 0.15) is 6.04 Å². The lowest BCUT2D eigenvalue weighted by Crippen LogP contribution is -2.51. The minimum atomic E-state index is -0.399. The van der Waals surface area contributed by atoms with E-state index in [1.807, 2.05) is 28.0 Å². The average molecular weight is 407 g/mol. The van der Waals surface area contributed by atoms with Gasteiger partial charge in [0.05, 0.1) is 13.7 Å². The largest absolute Gasteiger partial charge is 0.468 e. The van der Waals surface area contributed by atoms with Crippen LogP contribution in [0.15, 0.2) is 54.6 Å². The first-order valence-corrected chi connectivity index (χ1v) is 10.8. The van der Waals surface area contributed by atoms with Crippen molar-refractivity contribution in [3.05, 3.63) is 71.3 Å². The molecule has 2 aromatic carbocycles. The number of methoxy groups -OCH3 is 1. The van der Waals surface area contributed by atoms with Gasteiger partial charge in [-0.25, -0.2) is 0 Å². The van der Waals surface area contributed by atoms with Crippen molar-refractivity contribution >= 4 is 11.9 Å². The molecule has 30 heavy (non-hydrogen) atoms. The SMILES string of the molecule is COC(=O)C1Cc2ccccc2CN1CC(=O)N1CCC(Cc2ccccc2)CC1. The molecule has 5 nitrogen and oxygen atoms in total. The third-order valence-electron chi connectivity index (χ3n) is 6.49. The lowest BCUT2D eigenvalue weighted by Gasteiger charge is -2.37.